The number of halogens is 1. The van der Waals surface area contributed by atoms with Crippen LogP contribution >= 0.6 is 11.6 Å². The molecule has 94 valence electrons. The number of aromatic hydroxyl groups is 1. The van der Waals surface area contributed by atoms with Crippen LogP contribution in [0.1, 0.15) is 26.3 Å². The fraction of sp³-hybridized carbons (Fsp3) is 0.267. The first-order valence-electron chi connectivity index (χ1n) is 5.83. The maximum Gasteiger partial charge on any atom is 0.124 e. The van der Waals surface area contributed by atoms with E-state index in [-0.39, 0.29) is 11.2 Å². The average molecular weight is 262 g/mol. The van der Waals surface area contributed by atoms with Gasteiger partial charge in [0.15, 0.2) is 0 Å². The smallest absolute Gasteiger partial charge is 0.124 e. The van der Waals surface area contributed by atoms with Gasteiger partial charge < -0.3 is 5.11 Å². The molecule has 0 amide bonds. The molecule has 2 nitrogen and oxygen atoms in total. The second-order valence-corrected chi connectivity index (χ2v) is 5.78. The van der Waals surface area contributed by atoms with Crippen LogP contribution in [0.2, 0.25) is 5.02 Å². The maximum atomic E-state index is 9.96. The molecule has 1 N–H and O–H groups in total. The first kappa shape index (κ1) is 12.9. The SMILES string of the molecule is CC(C)(C)c1ccc(O)c(-c2cc(Cl)ccn2)c1. The minimum Gasteiger partial charge on any atom is -0.507 e. The standard InChI is InChI=1S/C15H16ClNO/c1-15(2,3)10-4-5-14(18)12(8-10)13-9-11(16)6-7-17-13/h4-9,18H,1-3H3. The molecule has 0 atom stereocenters. The fourth-order valence-electron chi connectivity index (χ4n) is 1.76. The largest absolute Gasteiger partial charge is 0.507 e. The summed E-state index contributed by atoms with van der Waals surface area (Å²) in [5.74, 6) is 0.220. The van der Waals surface area contributed by atoms with Crippen LogP contribution in [0.15, 0.2) is 36.5 Å². The van der Waals surface area contributed by atoms with E-state index in [9.17, 15) is 5.11 Å². The molecule has 0 unspecified atom stereocenters. The van der Waals surface area contributed by atoms with E-state index in [1.807, 2.05) is 12.1 Å². The number of hydrogen-bond donors (Lipinski definition) is 1. The third-order valence-corrected chi connectivity index (χ3v) is 3.10. The number of pyridine rings is 1. The van der Waals surface area contributed by atoms with E-state index >= 15 is 0 Å². The number of aromatic nitrogens is 1. The molecule has 18 heavy (non-hydrogen) atoms. The summed E-state index contributed by atoms with van der Waals surface area (Å²) >= 11 is 5.96. The van der Waals surface area contributed by atoms with Crippen molar-refractivity contribution in [1.82, 2.24) is 4.98 Å². The van der Waals surface area contributed by atoms with E-state index in [1.54, 1.807) is 24.4 Å². The van der Waals surface area contributed by atoms with Crippen molar-refractivity contribution >= 4 is 11.6 Å². The monoisotopic (exact) mass is 261 g/mol. The summed E-state index contributed by atoms with van der Waals surface area (Å²) in [5.41, 5.74) is 2.58. The Morgan fingerprint density at radius 3 is 2.44 bits per heavy atom. The van der Waals surface area contributed by atoms with Crippen molar-refractivity contribution in [2.75, 3.05) is 0 Å². The number of rotatable bonds is 1. The van der Waals surface area contributed by atoms with Crippen molar-refractivity contribution in [3.8, 4) is 17.0 Å². The normalized spacial score (nSPS) is 11.6. The molecule has 1 heterocycles. The van der Waals surface area contributed by atoms with Gasteiger partial charge in [0.2, 0.25) is 0 Å². The Morgan fingerprint density at radius 2 is 1.83 bits per heavy atom. The van der Waals surface area contributed by atoms with Gasteiger partial charge in [-0.1, -0.05) is 38.4 Å². The molecule has 0 bridgehead atoms. The van der Waals surface area contributed by atoms with Gasteiger partial charge in [-0.05, 0) is 35.2 Å². The molecule has 1 aromatic heterocycles. The molecule has 0 aliphatic heterocycles. The highest BCUT2D eigenvalue weighted by molar-refractivity contribution is 6.30. The van der Waals surface area contributed by atoms with Crippen LogP contribution in [0.5, 0.6) is 5.75 Å². The highest BCUT2D eigenvalue weighted by Crippen LogP contribution is 2.33. The first-order valence-corrected chi connectivity index (χ1v) is 6.21. The first-order chi connectivity index (χ1) is 8.38. The zero-order valence-electron chi connectivity index (χ0n) is 10.7. The van der Waals surface area contributed by atoms with Crippen molar-refractivity contribution in [1.29, 1.82) is 0 Å². The van der Waals surface area contributed by atoms with Crippen LogP contribution in [-0.4, -0.2) is 10.1 Å². The van der Waals surface area contributed by atoms with Crippen molar-refractivity contribution in [2.45, 2.75) is 26.2 Å². The Bertz CT molecular complexity index is 573. The van der Waals surface area contributed by atoms with Gasteiger partial charge in [0.1, 0.15) is 5.75 Å². The molecule has 0 fully saturated rings. The Balaban J connectivity index is 2.57. The molecule has 0 spiro atoms. The summed E-state index contributed by atoms with van der Waals surface area (Å²) in [7, 11) is 0. The molecule has 0 aliphatic rings. The Morgan fingerprint density at radius 1 is 1.11 bits per heavy atom. The van der Waals surface area contributed by atoms with Gasteiger partial charge in [-0.3, -0.25) is 4.98 Å². The molecule has 0 saturated heterocycles. The number of hydrogen-bond acceptors (Lipinski definition) is 2. The van der Waals surface area contributed by atoms with E-state index in [1.165, 1.54) is 0 Å². The Labute approximate surface area is 112 Å². The molecule has 3 heteroatoms. The third kappa shape index (κ3) is 2.65. The lowest BCUT2D eigenvalue weighted by atomic mass is 9.85. The van der Waals surface area contributed by atoms with Crippen LogP contribution < -0.4 is 0 Å². The van der Waals surface area contributed by atoms with Crippen LogP contribution in [-0.2, 0) is 5.41 Å². The lowest BCUT2D eigenvalue weighted by Gasteiger charge is -2.20. The lowest BCUT2D eigenvalue weighted by molar-refractivity contribution is 0.476. The van der Waals surface area contributed by atoms with E-state index in [0.717, 1.165) is 5.56 Å². The minimum atomic E-state index is 0.0288. The summed E-state index contributed by atoms with van der Waals surface area (Å²) in [6, 6.07) is 9.08. The number of phenolic OH excluding ortho intramolecular Hbond substituents is 1. The van der Waals surface area contributed by atoms with Gasteiger partial charge in [-0.25, -0.2) is 0 Å². The van der Waals surface area contributed by atoms with Crippen molar-refractivity contribution in [3.05, 3.63) is 47.1 Å². The van der Waals surface area contributed by atoms with Crippen molar-refractivity contribution < 1.29 is 5.11 Å². The summed E-state index contributed by atoms with van der Waals surface area (Å²) < 4.78 is 0. The van der Waals surface area contributed by atoms with Crippen LogP contribution in [0.3, 0.4) is 0 Å². The average Bonchev–Trinajstić information content (AvgIpc) is 2.28. The highest BCUT2D eigenvalue weighted by Gasteiger charge is 2.16. The van der Waals surface area contributed by atoms with Crippen LogP contribution in [0, 0.1) is 0 Å². The third-order valence-electron chi connectivity index (χ3n) is 2.86. The second kappa shape index (κ2) is 4.62. The molecule has 1 aromatic carbocycles. The second-order valence-electron chi connectivity index (χ2n) is 5.34. The van der Waals surface area contributed by atoms with Crippen LogP contribution in [0.25, 0.3) is 11.3 Å². The van der Waals surface area contributed by atoms with Crippen molar-refractivity contribution in [2.24, 2.45) is 0 Å². The van der Waals surface area contributed by atoms with E-state index in [2.05, 4.69) is 25.8 Å². The topological polar surface area (TPSA) is 33.1 Å². The van der Waals surface area contributed by atoms with Gasteiger partial charge in [-0.15, -0.1) is 0 Å². The summed E-state index contributed by atoms with van der Waals surface area (Å²) in [6.45, 7) is 6.40. The molecule has 0 saturated carbocycles. The molecule has 2 aromatic rings. The number of benzene rings is 1. The van der Waals surface area contributed by atoms with Gasteiger partial charge in [0.05, 0.1) is 5.69 Å². The minimum absolute atomic E-state index is 0.0288. The fourth-order valence-corrected chi connectivity index (χ4v) is 1.92. The van der Waals surface area contributed by atoms with Gasteiger partial charge in [0, 0.05) is 16.8 Å². The molecule has 0 aliphatic carbocycles. The Kier molecular flexibility index (Phi) is 3.31. The number of phenols is 1. The van der Waals surface area contributed by atoms with E-state index in [0.29, 0.717) is 16.3 Å². The quantitative estimate of drug-likeness (QED) is 0.825. The van der Waals surface area contributed by atoms with Crippen LogP contribution in [0.4, 0.5) is 0 Å². The van der Waals surface area contributed by atoms with E-state index in [4.69, 9.17) is 11.6 Å². The van der Waals surface area contributed by atoms with Crippen molar-refractivity contribution in [3.63, 3.8) is 0 Å². The molecular formula is C15H16ClNO. The summed E-state index contributed by atoms with van der Waals surface area (Å²) in [5, 5.41) is 10.6. The van der Waals surface area contributed by atoms with Gasteiger partial charge in [0.25, 0.3) is 0 Å². The number of nitrogens with zero attached hydrogens (tertiary/aromatic N) is 1. The molecule has 2 rings (SSSR count). The predicted octanol–water partition coefficient (Wildman–Crippen LogP) is 4.41. The van der Waals surface area contributed by atoms with E-state index < -0.39 is 0 Å². The molecule has 0 radical (unpaired) electrons. The van der Waals surface area contributed by atoms with Gasteiger partial charge >= 0.3 is 0 Å². The molecular weight excluding hydrogens is 246 g/mol. The highest BCUT2D eigenvalue weighted by atomic mass is 35.5. The lowest BCUT2D eigenvalue weighted by Crippen LogP contribution is -2.10. The summed E-state index contributed by atoms with van der Waals surface area (Å²) in [6.07, 6.45) is 1.64. The Hall–Kier alpha value is -1.54. The maximum absolute atomic E-state index is 9.96. The zero-order chi connectivity index (χ0) is 13.3. The summed E-state index contributed by atoms with van der Waals surface area (Å²) in [4.78, 5) is 4.25. The predicted molar refractivity (Wildman–Crippen MR) is 75.0 cm³/mol. The van der Waals surface area contributed by atoms with Gasteiger partial charge in [-0.2, -0.15) is 0 Å². The zero-order valence-corrected chi connectivity index (χ0v) is 11.5.